The lowest BCUT2D eigenvalue weighted by molar-refractivity contribution is -0.149. The van der Waals surface area contributed by atoms with Gasteiger partial charge in [-0.25, -0.2) is 0 Å². The van der Waals surface area contributed by atoms with Gasteiger partial charge in [-0.15, -0.1) is 0 Å². The number of piperazine rings is 1. The first kappa shape index (κ1) is 15.7. The first-order valence-electron chi connectivity index (χ1n) is 6.70. The largest absolute Gasteiger partial charge is 0.401 e. The van der Waals surface area contributed by atoms with Crippen molar-refractivity contribution in [3.8, 4) is 0 Å². The summed E-state index contributed by atoms with van der Waals surface area (Å²) in [5, 5.41) is 3.31. The van der Waals surface area contributed by atoms with Crippen LogP contribution in [0.3, 0.4) is 0 Å². The summed E-state index contributed by atoms with van der Waals surface area (Å²) < 4.78 is 36.8. The van der Waals surface area contributed by atoms with Crippen molar-refractivity contribution in [2.75, 3.05) is 45.8 Å². The van der Waals surface area contributed by atoms with Crippen LogP contribution in [0, 0.1) is 0 Å². The van der Waals surface area contributed by atoms with Crippen LogP contribution in [0.4, 0.5) is 13.2 Å². The summed E-state index contributed by atoms with van der Waals surface area (Å²) in [6.07, 6.45) is -3.04. The standard InChI is InChI=1S/C12H24F3N3/c1-3-11(9-16-4-2)18-7-5-17(6-8-18)10-12(13,14)15/h11,16H,3-10H2,1-2H3. The summed E-state index contributed by atoms with van der Waals surface area (Å²) in [7, 11) is 0. The van der Waals surface area contributed by atoms with Gasteiger partial charge in [-0.1, -0.05) is 13.8 Å². The lowest BCUT2D eigenvalue weighted by atomic mass is 10.1. The number of halogens is 3. The van der Waals surface area contributed by atoms with Crippen LogP contribution in [0.2, 0.25) is 0 Å². The Morgan fingerprint density at radius 2 is 1.72 bits per heavy atom. The van der Waals surface area contributed by atoms with Crippen LogP contribution in [0.1, 0.15) is 20.3 Å². The molecule has 1 atom stereocenters. The van der Waals surface area contributed by atoms with Gasteiger partial charge in [-0.2, -0.15) is 13.2 Å². The van der Waals surface area contributed by atoms with E-state index in [2.05, 4.69) is 24.1 Å². The van der Waals surface area contributed by atoms with Gasteiger partial charge in [0.1, 0.15) is 0 Å². The van der Waals surface area contributed by atoms with Crippen molar-refractivity contribution in [1.82, 2.24) is 15.1 Å². The highest BCUT2D eigenvalue weighted by Gasteiger charge is 2.32. The van der Waals surface area contributed by atoms with Gasteiger partial charge >= 0.3 is 6.18 Å². The molecule has 108 valence electrons. The van der Waals surface area contributed by atoms with Crippen molar-refractivity contribution < 1.29 is 13.2 Å². The third-order valence-electron chi connectivity index (χ3n) is 3.43. The van der Waals surface area contributed by atoms with Crippen LogP contribution in [-0.4, -0.2) is 67.8 Å². The quantitative estimate of drug-likeness (QED) is 0.788. The maximum Gasteiger partial charge on any atom is 0.401 e. The van der Waals surface area contributed by atoms with Gasteiger partial charge in [0, 0.05) is 38.8 Å². The lowest BCUT2D eigenvalue weighted by Gasteiger charge is -2.39. The van der Waals surface area contributed by atoms with Gasteiger partial charge in [-0.05, 0) is 13.0 Å². The van der Waals surface area contributed by atoms with Crippen molar-refractivity contribution in [3.05, 3.63) is 0 Å². The van der Waals surface area contributed by atoms with E-state index in [1.807, 2.05) is 0 Å². The Hall–Kier alpha value is -0.330. The Morgan fingerprint density at radius 3 is 2.17 bits per heavy atom. The molecule has 6 heteroatoms. The average molecular weight is 267 g/mol. The zero-order valence-corrected chi connectivity index (χ0v) is 11.3. The summed E-state index contributed by atoms with van der Waals surface area (Å²) in [5.74, 6) is 0. The smallest absolute Gasteiger partial charge is 0.315 e. The molecule has 1 unspecified atom stereocenters. The fourth-order valence-electron chi connectivity index (χ4n) is 2.38. The van der Waals surface area contributed by atoms with E-state index >= 15 is 0 Å². The summed E-state index contributed by atoms with van der Waals surface area (Å²) in [6, 6.07) is 0.443. The molecule has 0 aromatic carbocycles. The monoisotopic (exact) mass is 267 g/mol. The van der Waals surface area contributed by atoms with E-state index in [-0.39, 0.29) is 0 Å². The molecule has 18 heavy (non-hydrogen) atoms. The van der Waals surface area contributed by atoms with Crippen LogP contribution in [0.5, 0.6) is 0 Å². The van der Waals surface area contributed by atoms with Crippen molar-refractivity contribution in [2.24, 2.45) is 0 Å². The molecule has 1 aliphatic rings. The van der Waals surface area contributed by atoms with E-state index in [0.29, 0.717) is 19.1 Å². The molecule has 0 bridgehead atoms. The zero-order valence-electron chi connectivity index (χ0n) is 11.3. The number of alkyl halides is 3. The van der Waals surface area contributed by atoms with Gasteiger partial charge in [0.25, 0.3) is 0 Å². The minimum absolute atomic E-state index is 0.443. The molecule has 0 aromatic rings. The van der Waals surface area contributed by atoms with Gasteiger partial charge in [-0.3, -0.25) is 9.80 Å². The molecule has 1 fully saturated rings. The van der Waals surface area contributed by atoms with Crippen molar-refractivity contribution >= 4 is 0 Å². The maximum absolute atomic E-state index is 12.3. The molecule has 0 aliphatic carbocycles. The second-order valence-corrected chi connectivity index (χ2v) is 4.80. The normalized spacial score (nSPS) is 21.2. The number of hydrogen-bond donors (Lipinski definition) is 1. The Balaban J connectivity index is 2.33. The molecule has 0 spiro atoms. The van der Waals surface area contributed by atoms with E-state index in [9.17, 15) is 13.2 Å². The average Bonchev–Trinajstić information content (AvgIpc) is 2.30. The van der Waals surface area contributed by atoms with Crippen LogP contribution in [0.15, 0.2) is 0 Å². The third kappa shape index (κ3) is 5.54. The SMILES string of the molecule is CCNCC(CC)N1CCN(CC(F)(F)F)CC1. The highest BCUT2D eigenvalue weighted by molar-refractivity contribution is 4.80. The highest BCUT2D eigenvalue weighted by Crippen LogP contribution is 2.18. The van der Waals surface area contributed by atoms with Crippen molar-refractivity contribution in [3.63, 3.8) is 0 Å². The fourth-order valence-corrected chi connectivity index (χ4v) is 2.38. The number of likely N-dealkylation sites (N-methyl/N-ethyl adjacent to an activating group) is 1. The maximum atomic E-state index is 12.3. The van der Waals surface area contributed by atoms with Crippen LogP contribution in [-0.2, 0) is 0 Å². The minimum atomic E-state index is -4.07. The zero-order chi connectivity index (χ0) is 13.6. The molecule has 0 aromatic heterocycles. The summed E-state index contributed by atoms with van der Waals surface area (Å²) in [5.41, 5.74) is 0. The predicted octanol–water partition coefficient (Wildman–Crippen LogP) is 1.55. The van der Waals surface area contributed by atoms with Crippen molar-refractivity contribution in [1.29, 1.82) is 0 Å². The van der Waals surface area contributed by atoms with Crippen molar-refractivity contribution in [2.45, 2.75) is 32.5 Å². The molecule has 3 nitrogen and oxygen atoms in total. The van der Waals surface area contributed by atoms with Gasteiger partial charge in [0.15, 0.2) is 0 Å². The Labute approximate surface area is 107 Å². The Bertz CT molecular complexity index is 225. The van der Waals surface area contributed by atoms with Crippen LogP contribution >= 0.6 is 0 Å². The molecule has 1 aliphatic heterocycles. The first-order valence-corrected chi connectivity index (χ1v) is 6.70. The second-order valence-electron chi connectivity index (χ2n) is 4.80. The van der Waals surface area contributed by atoms with Gasteiger partial charge < -0.3 is 5.32 Å². The molecule has 0 amide bonds. The van der Waals surface area contributed by atoms with Crippen LogP contribution < -0.4 is 5.32 Å². The second kappa shape index (κ2) is 7.31. The number of hydrogen-bond acceptors (Lipinski definition) is 3. The van der Waals surface area contributed by atoms with E-state index in [1.54, 1.807) is 0 Å². The molecule has 0 radical (unpaired) electrons. The highest BCUT2D eigenvalue weighted by atomic mass is 19.4. The number of nitrogens with one attached hydrogen (secondary N) is 1. The van der Waals surface area contributed by atoms with E-state index < -0.39 is 12.7 Å². The molecule has 1 rings (SSSR count). The van der Waals surface area contributed by atoms with Gasteiger partial charge in [0.2, 0.25) is 0 Å². The van der Waals surface area contributed by atoms with E-state index in [4.69, 9.17) is 0 Å². The Kier molecular flexibility index (Phi) is 6.38. The van der Waals surface area contributed by atoms with E-state index in [1.165, 1.54) is 4.90 Å². The molecular formula is C12H24F3N3. The first-order chi connectivity index (χ1) is 8.46. The Morgan fingerprint density at radius 1 is 1.11 bits per heavy atom. The molecule has 1 N–H and O–H groups in total. The van der Waals surface area contributed by atoms with Crippen LogP contribution in [0.25, 0.3) is 0 Å². The molecular weight excluding hydrogens is 243 g/mol. The number of rotatable bonds is 6. The molecule has 0 saturated carbocycles. The topological polar surface area (TPSA) is 18.5 Å². The summed E-state index contributed by atoms with van der Waals surface area (Å²) in [4.78, 5) is 3.80. The summed E-state index contributed by atoms with van der Waals surface area (Å²) in [6.45, 7) is 7.78. The third-order valence-corrected chi connectivity index (χ3v) is 3.43. The lowest BCUT2D eigenvalue weighted by Crippen LogP contribution is -2.54. The fraction of sp³-hybridized carbons (Fsp3) is 1.00. The number of nitrogens with zero attached hydrogens (tertiary/aromatic N) is 2. The molecule has 1 heterocycles. The van der Waals surface area contributed by atoms with Gasteiger partial charge in [0.05, 0.1) is 6.54 Å². The van der Waals surface area contributed by atoms with E-state index in [0.717, 1.165) is 32.6 Å². The summed E-state index contributed by atoms with van der Waals surface area (Å²) >= 11 is 0. The predicted molar refractivity (Wildman–Crippen MR) is 66.7 cm³/mol. The molecule has 1 saturated heterocycles. The minimum Gasteiger partial charge on any atom is -0.315 e.